The van der Waals surface area contributed by atoms with Crippen molar-refractivity contribution in [1.29, 1.82) is 0 Å². The zero-order valence-corrected chi connectivity index (χ0v) is 13.3. The first kappa shape index (κ1) is 14.0. The topological polar surface area (TPSA) is 42.4 Å². The van der Waals surface area contributed by atoms with Crippen molar-refractivity contribution < 1.29 is 9.53 Å². The van der Waals surface area contributed by atoms with E-state index < -0.39 is 0 Å². The number of hydrogen-bond donors (Lipinski definition) is 0. The number of hydrogen-bond acceptors (Lipinski definition) is 5. The van der Waals surface area contributed by atoms with Crippen LogP contribution in [0.15, 0.2) is 24.3 Å². The molecule has 2 aromatic rings. The SMILES string of the molecule is O=C(OC1CN(c2nc3ccccc3s2)C1)C1CCCCC1. The van der Waals surface area contributed by atoms with Crippen molar-refractivity contribution in [2.45, 2.75) is 38.2 Å². The Morgan fingerprint density at radius 3 is 2.73 bits per heavy atom. The van der Waals surface area contributed by atoms with Crippen LogP contribution in [0.1, 0.15) is 32.1 Å². The van der Waals surface area contributed by atoms with Crippen LogP contribution < -0.4 is 4.90 Å². The Hall–Kier alpha value is -1.62. The van der Waals surface area contributed by atoms with Gasteiger partial charge in [-0.3, -0.25) is 4.79 Å². The highest BCUT2D eigenvalue weighted by Gasteiger charge is 2.34. The molecule has 0 spiro atoms. The summed E-state index contributed by atoms with van der Waals surface area (Å²) in [5.41, 5.74) is 1.05. The van der Waals surface area contributed by atoms with Crippen LogP contribution in [0.2, 0.25) is 0 Å². The average Bonchev–Trinajstić information content (AvgIpc) is 2.94. The standard InChI is InChI=1S/C17H20N2O2S/c20-16(12-6-2-1-3-7-12)21-13-10-19(11-13)17-18-14-8-4-5-9-15(14)22-17/h4-5,8-9,12-13H,1-3,6-7,10-11H2. The maximum absolute atomic E-state index is 12.1. The lowest BCUT2D eigenvalue weighted by Crippen LogP contribution is -2.53. The van der Waals surface area contributed by atoms with Crippen molar-refractivity contribution in [3.63, 3.8) is 0 Å². The molecule has 4 nitrogen and oxygen atoms in total. The third-order valence-electron chi connectivity index (χ3n) is 4.62. The molecule has 0 radical (unpaired) electrons. The quantitative estimate of drug-likeness (QED) is 0.811. The van der Waals surface area contributed by atoms with E-state index >= 15 is 0 Å². The number of carbonyl (C=O) groups excluding carboxylic acids is 1. The lowest BCUT2D eigenvalue weighted by Gasteiger charge is -2.39. The van der Waals surface area contributed by atoms with Gasteiger partial charge in [0.2, 0.25) is 0 Å². The Kier molecular flexibility index (Phi) is 3.74. The normalized spacial score (nSPS) is 20.1. The number of anilines is 1. The second-order valence-corrected chi connectivity index (χ2v) is 7.27. The number of rotatable bonds is 3. The van der Waals surface area contributed by atoms with Crippen molar-refractivity contribution in [3.8, 4) is 0 Å². The maximum Gasteiger partial charge on any atom is 0.309 e. The van der Waals surface area contributed by atoms with Crippen molar-refractivity contribution in [2.75, 3.05) is 18.0 Å². The Morgan fingerprint density at radius 2 is 1.95 bits per heavy atom. The third kappa shape index (κ3) is 2.70. The summed E-state index contributed by atoms with van der Waals surface area (Å²) < 4.78 is 6.86. The van der Waals surface area contributed by atoms with Crippen molar-refractivity contribution in [2.24, 2.45) is 5.92 Å². The van der Waals surface area contributed by atoms with Crippen LogP contribution in [-0.2, 0) is 9.53 Å². The van der Waals surface area contributed by atoms with Crippen molar-refractivity contribution in [1.82, 2.24) is 4.98 Å². The number of para-hydroxylation sites is 1. The van der Waals surface area contributed by atoms with Gasteiger partial charge in [-0.2, -0.15) is 0 Å². The molecule has 0 N–H and O–H groups in total. The van der Waals surface area contributed by atoms with Gasteiger partial charge in [0.15, 0.2) is 5.13 Å². The monoisotopic (exact) mass is 316 g/mol. The molecule has 22 heavy (non-hydrogen) atoms. The molecule has 1 aromatic heterocycles. The first-order valence-electron chi connectivity index (χ1n) is 8.10. The van der Waals surface area contributed by atoms with Gasteiger partial charge in [0.05, 0.1) is 29.2 Å². The van der Waals surface area contributed by atoms with Gasteiger partial charge in [0.1, 0.15) is 6.10 Å². The van der Waals surface area contributed by atoms with E-state index in [9.17, 15) is 4.79 Å². The Labute approximate surface area is 134 Å². The van der Waals surface area contributed by atoms with Crippen molar-refractivity contribution >= 4 is 32.7 Å². The number of aromatic nitrogens is 1. The molecule has 0 amide bonds. The summed E-state index contributed by atoms with van der Waals surface area (Å²) in [6, 6.07) is 8.18. The molecule has 0 unspecified atom stereocenters. The molecule has 116 valence electrons. The third-order valence-corrected chi connectivity index (χ3v) is 5.72. The number of esters is 1. The molecule has 4 rings (SSSR count). The molecule has 2 aliphatic rings. The van der Waals surface area contributed by atoms with Gasteiger partial charge in [0.25, 0.3) is 0 Å². The molecule has 1 aliphatic carbocycles. The van der Waals surface area contributed by atoms with Crippen LogP contribution in [0, 0.1) is 5.92 Å². The maximum atomic E-state index is 12.1. The van der Waals surface area contributed by atoms with Gasteiger partial charge in [-0.1, -0.05) is 42.7 Å². The van der Waals surface area contributed by atoms with E-state index in [4.69, 9.17) is 4.74 Å². The largest absolute Gasteiger partial charge is 0.458 e. The average molecular weight is 316 g/mol. The summed E-state index contributed by atoms with van der Waals surface area (Å²) in [5.74, 6) is 0.166. The highest BCUT2D eigenvalue weighted by atomic mass is 32.1. The van der Waals surface area contributed by atoms with Gasteiger partial charge in [-0.15, -0.1) is 0 Å². The molecule has 1 saturated carbocycles. The van der Waals surface area contributed by atoms with E-state index in [1.165, 1.54) is 24.0 Å². The van der Waals surface area contributed by atoms with E-state index in [1.54, 1.807) is 11.3 Å². The summed E-state index contributed by atoms with van der Waals surface area (Å²) in [5, 5.41) is 1.03. The lowest BCUT2D eigenvalue weighted by atomic mass is 9.89. The number of fused-ring (bicyclic) bond motifs is 1. The second kappa shape index (κ2) is 5.88. The highest BCUT2D eigenvalue weighted by molar-refractivity contribution is 7.22. The minimum Gasteiger partial charge on any atom is -0.458 e. The van der Waals surface area contributed by atoms with E-state index in [2.05, 4.69) is 16.0 Å². The molecule has 0 atom stereocenters. The number of benzene rings is 1. The molecule has 1 aliphatic heterocycles. The molecule has 1 saturated heterocycles. The summed E-state index contributed by atoms with van der Waals surface area (Å²) in [7, 11) is 0. The van der Waals surface area contributed by atoms with E-state index in [0.29, 0.717) is 0 Å². The minimum atomic E-state index is 0.0219. The summed E-state index contributed by atoms with van der Waals surface area (Å²) >= 11 is 1.70. The molecular formula is C17H20N2O2S. The van der Waals surface area contributed by atoms with Crippen LogP contribution in [0.5, 0.6) is 0 Å². The minimum absolute atomic E-state index is 0.0219. The molecule has 2 heterocycles. The fourth-order valence-electron chi connectivity index (χ4n) is 3.26. The summed E-state index contributed by atoms with van der Waals surface area (Å²) in [6.45, 7) is 1.55. The van der Waals surface area contributed by atoms with E-state index in [1.807, 2.05) is 18.2 Å². The van der Waals surface area contributed by atoms with E-state index in [-0.39, 0.29) is 18.0 Å². The Bertz CT molecular complexity index is 639. The highest BCUT2D eigenvalue weighted by Crippen LogP contribution is 2.32. The second-order valence-electron chi connectivity index (χ2n) is 6.26. The fraction of sp³-hybridized carbons (Fsp3) is 0.529. The molecule has 5 heteroatoms. The Morgan fingerprint density at radius 1 is 1.18 bits per heavy atom. The summed E-state index contributed by atoms with van der Waals surface area (Å²) in [4.78, 5) is 19.0. The first-order chi connectivity index (χ1) is 10.8. The van der Waals surface area contributed by atoms with Crippen molar-refractivity contribution in [3.05, 3.63) is 24.3 Å². The van der Waals surface area contributed by atoms with Crippen LogP contribution >= 0.6 is 11.3 Å². The van der Waals surface area contributed by atoms with Crippen LogP contribution in [0.25, 0.3) is 10.2 Å². The van der Waals surface area contributed by atoms with Gasteiger partial charge >= 0.3 is 5.97 Å². The molecule has 0 bridgehead atoms. The number of nitrogens with zero attached hydrogens (tertiary/aromatic N) is 2. The zero-order chi connectivity index (χ0) is 14.9. The van der Waals surface area contributed by atoms with Crippen LogP contribution in [0.4, 0.5) is 5.13 Å². The smallest absolute Gasteiger partial charge is 0.309 e. The number of thiazole rings is 1. The lowest BCUT2D eigenvalue weighted by molar-refractivity contribution is -0.156. The van der Waals surface area contributed by atoms with Gasteiger partial charge in [-0.25, -0.2) is 4.98 Å². The molecule has 2 fully saturated rings. The predicted octanol–water partition coefficient (Wildman–Crippen LogP) is 3.61. The molecular weight excluding hydrogens is 296 g/mol. The number of carbonyl (C=O) groups is 1. The van der Waals surface area contributed by atoms with Gasteiger partial charge in [-0.05, 0) is 25.0 Å². The summed E-state index contributed by atoms with van der Waals surface area (Å²) in [6.07, 6.45) is 5.66. The fourth-order valence-corrected chi connectivity index (χ4v) is 4.25. The van der Waals surface area contributed by atoms with Crippen LogP contribution in [-0.4, -0.2) is 30.1 Å². The van der Waals surface area contributed by atoms with Gasteiger partial charge < -0.3 is 9.64 Å². The Balaban J connectivity index is 1.32. The van der Waals surface area contributed by atoms with Crippen LogP contribution in [0.3, 0.4) is 0 Å². The first-order valence-corrected chi connectivity index (χ1v) is 8.92. The zero-order valence-electron chi connectivity index (χ0n) is 12.5. The number of ether oxygens (including phenoxy) is 1. The predicted molar refractivity (Wildman–Crippen MR) is 88.3 cm³/mol. The van der Waals surface area contributed by atoms with E-state index in [0.717, 1.165) is 36.6 Å². The molecule has 1 aromatic carbocycles. The van der Waals surface area contributed by atoms with Gasteiger partial charge in [0, 0.05) is 0 Å².